The Morgan fingerprint density at radius 3 is 2.80 bits per heavy atom. The van der Waals surface area contributed by atoms with Crippen molar-refractivity contribution in [3.8, 4) is 0 Å². The smallest absolute Gasteiger partial charge is 0.191 e. The van der Waals surface area contributed by atoms with Crippen LogP contribution in [0, 0.1) is 0 Å². The maximum Gasteiger partial charge on any atom is 0.191 e. The summed E-state index contributed by atoms with van der Waals surface area (Å²) >= 11 is 0. The average molecular weight is 351 g/mol. The average Bonchev–Trinajstić information content (AvgIpc) is 3.10. The molecule has 142 valence electrons. The van der Waals surface area contributed by atoms with E-state index in [0.717, 1.165) is 83.7 Å². The van der Waals surface area contributed by atoms with E-state index in [1.807, 2.05) is 0 Å². The molecule has 1 saturated heterocycles. The van der Waals surface area contributed by atoms with Crippen LogP contribution < -0.4 is 10.6 Å². The highest BCUT2D eigenvalue weighted by Crippen LogP contribution is 2.00. The van der Waals surface area contributed by atoms with Crippen LogP contribution in [0.2, 0.25) is 0 Å². The molecular weight excluding hydrogens is 318 g/mol. The van der Waals surface area contributed by atoms with Gasteiger partial charge in [0.05, 0.1) is 13.2 Å². The van der Waals surface area contributed by atoms with Gasteiger partial charge in [-0.05, 0) is 26.3 Å². The zero-order valence-electron chi connectivity index (χ0n) is 15.7. The van der Waals surface area contributed by atoms with Crippen LogP contribution in [0.5, 0.6) is 0 Å². The molecule has 8 nitrogen and oxygen atoms in total. The van der Waals surface area contributed by atoms with Crippen LogP contribution in [-0.4, -0.2) is 78.1 Å². The van der Waals surface area contributed by atoms with E-state index in [9.17, 15) is 0 Å². The third-order valence-corrected chi connectivity index (χ3v) is 4.26. The summed E-state index contributed by atoms with van der Waals surface area (Å²) in [5.74, 6) is 1.91. The summed E-state index contributed by atoms with van der Waals surface area (Å²) in [7, 11) is 0. The SMILES string of the molecule is CCNC(=NCCCCN1CCOCC1)NCCn1cnnc1CC. The Morgan fingerprint density at radius 1 is 1.20 bits per heavy atom. The molecule has 1 aliphatic rings. The van der Waals surface area contributed by atoms with E-state index in [0.29, 0.717) is 0 Å². The fraction of sp³-hybridized carbons (Fsp3) is 0.824. The Balaban J connectivity index is 1.63. The summed E-state index contributed by atoms with van der Waals surface area (Å²) < 4.78 is 7.46. The van der Waals surface area contributed by atoms with Gasteiger partial charge in [0, 0.05) is 45.7 Å². The predicted molar refractivity (Wildman–Crippen MR) is 99.9 cm³/mol. The number of aliphatic imine (C=N–C) groups is 1. The van der Waals surface area contributed by atoms with E-state index in [1.54, 1.807) is 6.33 Å². The third kappa shape index (κ3) is 7.39. The lowest BCUT2D eigenvalue weighted by Crippen LogP contribution is -2.39. The van der Waals surface area contributed by atoms with Gasteiger partial charge in [0.15, 0.2) is 5.96 Å². The van der Waals surface area contributed by atoms with Crippen molar-refractivity contribution >= 4 is 5.96 Å². The van der Waals surface area contributed by atoms with Crippen LogP contribution >= 0.6 is 0 Å². The van der Waals surface area contributed by atoms with Crippen molar-refractivity contribution in [3.05, 3.63) is 12.2 Å². The molecule has 1 aromatic rings. The molecule has 0 atom stereocenters. The van der Waals surface area contributed by atoms with Crippen LogP contribution in [0.3, 0.4) is 0 Å². The zero-order valence-corrected chi connectivity index (χ0v) is 15.7. The van der Waals surface area contributed by atoms with Gasteiger partial charge in [0.1, 0.15) is 12.2 Å². The first-order valence-corrected chi connectivity index (χ1v) is 9.52. The first kappa shape index (κ1) is 19.7. The Kier molecular flexibility index (Phi) is 9.28. The molecule has 0 bridgehead atoms. The quantitative estimate of drug-likeness (QED) is 0.363. The second-order valence-corrected chi connectivity index (χ2v) is 6.14. The predicted octanol–water partition coefficient (Wildman–Crippen LogP) is 0.508. The molecule has 25 heavy (non-hydrogen) atoms. The molecule has 0 aliphatic carbocycles. The van der Waals surface area contributed by atoms with Gasteiger partial charge in [0.25, 0.3) is 0 Å². The Morgan fingerprint density at radius 2 is 2.04 bits per heavy atom. The van der Waals surface area contributed by atoms with Crippen LogP contribution in [0.4, 0.5) is 0 Å². The van der Waals surface area contributed by atoms with E-state index in [2.05, 4.69) is 49.1 Å². The van der Waals surface area contributed by atoms with Crippen molar-refractivity contribution in [3.63, 3.8) is 0 Å². The van der Waals surface area contributed by atoms with E-state index in [-0.39, 0.29) is 0 Å². The number of ether oxygens (including phenoxy) is 1. The van der Waals surface area contributed by atoms with Crippen LogP contribution in [-0.2, 0) is 17.7 Å². The van der Waals surface area contributed by atoms with Crippen LogP contribution in [0.15, 0.2) is 11.3 Å². The highest BCUT2D eigenvalue weighted by molar-refractivity contribution is 5.79. The van der Waals surface area contributed by atoms with Crippen molar-refractivity contribution in [2.45, 2.75) is 39.7 Å². The van der Waals surface area contributed by atoms with Gasteiger partial charge < -0.3 is 19.9 Å². The summed E-state index contributed by atoms with van der Waals surface area (Å²) in [4.78, 5) is 7.14. The number of aromatic nitrogens is 3. The van der Waals surface area contributed by atoms with Gasteiger partial charge in [-0.3, -0.25) is 9.89 Å². The van der Waals surface area contributed by atoms with E-state index < -0.39 is 0 Å². The Hall–Kier alpha value is -1.67. The van der Waals surface area contributed by atoms with Gasteiger partial charge in [-0.15, -0.1) is 10.2 Å². The van der Waals surface area contributed by atoms with Gasteiger partial charge in [0.2, 0.25) is 0 Å². The van der Waals surface area contributed by atoms with E-state index in [1.165, 1.54) is 6.42 Å². The maximum absolute atomic E-state index is 5.37. The van der Waals surface area contributed by atoms with Crippen molar-refractivity contribution in [1.29, 1.82) is 0 Å². The molecule has 0 amide bonds. The number of hydrogen-bond donors (Lipinski definition) is 2. The topological polar surface area (TPSA) is 79.6 Å². The molecule has 0 saturated carbocycles. The number of rotatable bonds is 10. The molecule has 2 rings (SSSR count). The highest BCUT2D eigenvalue weighted by atomic mass is 16.5. The highest BCUT2D eigenvalue weighted by Gasteiger charge is 2.09. The molecule has 2 heterocycles. The summed E-state index contributed by atoms with van der Waals surface area (Å²) in [6, 6.07) is 0. The molecular formula is C17H33N7O. The van der Waals surface area contributed by atoms with Crippen molar-refractivity contribution < 1.29 is 4.74 Å². The molecule has 1 aromatic heterocycles. The standard InChI is InChI=1S/C17H33N7O/c1-3-16-22-21-15-24(16)10-8-20-17(18-4-2)19-7-5-6-9-23-11-13-25-14-12-23/h15H,3-14H2,1-2H3,(H2,18,19,20). The lowest BCUT2D eigenvalue weighted by molar-refractivity contribution is 0.0373. The molecule has 0 spiro atoms. The number of hydrogen-bond acceptors (Lipinski definition) is 5. The summed E-state index contributed by atoms with van der Waals surface area (Å²) in [5.41, 5.74) is 0. The normalized spacial score (nSPS) is 16.2. The minimum Gasteiger partial charge on any atom is -0.379 e. The number of morpholine rings is 1. The van der Waals surface area contributed by atoms with Crippen molar-refractivity contribution in [2.24, 2.45) is 4.99 Å². The molecule has 1 fully saturated rings. The molecule has 8 heteroatoms. The molecule has 0 radical (unpaired) electrons. The number of nitrogens with one attached hydrogen (secondary N) is 2. The lowest BCUT2D eigenvalue weighted by Gasteiger charge is -2.26. The van der Waals surface area contributed by atoms with Crippen LogP contribution in [0.1, 0.15) is 32.5 Å². The van der Waals surface area contributed by atoms with Gasteiger partial charge in [-0.2, -0.15) is 0 Å². The number of aryl methyl sites for hydroxylation is 1. The second-order valence-electron chi connectivity index (χ2n) is 6.14. The van der Waals surface area contributed by atoms with Gasteiger partial charge >= 0.3 is 0 Å². The lowest BCUT2D eigenvalue weighted by atomic mass is 10.3. The molecule has 1 aliphatic heterocycles. The minimum atomic E-state index is 0.810. The monoisotopic (exact) mass is 351 g/mol. The molecule has 0 unspecified atom stereocenters. The zero-order chi connectivity index (χ0) is 17.7. The molecule has 0 aromatic carbocycles. The number of nitrogens with zero attached hydrogens (tertiary/aromatic N) is 5. The fourth-order valence-electron chi connectivity index (χ4n) is 2.84. The Labute approximate surface area is 151 Å². The van der Waals surface area contributed by atoms with Gasteiger partial charge in [-0.25, -0.2) is 0 Å². The summed E-state index contributed by atoms with van der Waals surface area (Å²) in [5, 5.41) is 14.8. The van der Waals surface area contributed by atoms with Crippen molar-refractivity contribution in [1.82, 2.24) is 30.3 Å². The first-order valence-electron chi connectivity index (χ1n) is 9.52. The minimum absolute atomic E-state index is 0.810. The molecule has 2 N–H and O–H groups in total. The largest absolute Gasteiger partial charge is 0.379 e. The maximum atomic E-state index is 5.37. The van der Waals surface area contributed by atoms with E-state index in [4.69, 9.17) is 4.74 Å². The van der Waals surface area contributed by atoms with Crippen molar-refractivity contribution in [2.75, 3.05) is 52.5 Å². The number of guanidine groups is 1. The first-order chi connectivity index (χ1) is 12.3. The second kappa shape index (κ2) is 11.8. The van der Waals surface area contributed by atoms with Crippen LogP contribution in [0.25, 0.3) is 0 Å². The van der Waals surface area contributed by atoms with E-state index >= 15 is 0 Å². The van der Waals surface area contributed by atoms with Gasteiger partial charge in [-0.1, -0.05) is 6.92 Å². The number of unbranched alkanes of at least 4 members (excludes halogenated alkanes) is 1. The fourth-order valence-corrected chi connectivity index (χ4v) is 2.84. The summed E-state index contributed by atoms with van der Waals surface area (Å²) in [6.07, 6.45) is 4.98. The third-order valence-electron chi connectivity index (χ3n) is 4.26. The summed E-state index contributed by atoms with van der Waals surface area (Å²) in [6.45, 7) is 12.6. The Bertz CT molecular complexity index is 497.